The predicted octanol–water partition coefficient (Wildman–Crippen LogP) is 5.59. The predicted molar refractivity (Wildman–Crippen MR) is 131 cm³/mol. The second kappa shape index (κ2) is 10.1. The van der Waals surface area contributed by atoms with Crippen LogP contribution in [0.2, 0.25) is 0 Å². The van der Waals surface area contributed by atoms with Crippen LogP contribution in [0.15, 0.2) is 94.5 Å². The lowest BCUT2D eigenvalue weighted by Gasteiger charge is -2.09. The number of methoxy groups -OCH3 is 1. The Morgan fingerprint density at radius 2 is 1.70 bits per heavy atom. The Morgan fingerprint density at radius 1 is 0.939 bits per heavy atom. The molecule has 0 fully saturated rings. The Balaban J connectivity index is 1.51. The van der Waals surface area contributed by atoms with Crippen molar-refractivity contribution in [2.45, 2.75) is 0 Å². The van der Waals surface area contributed by atoms with Crippen LogP contribution in [0.4, 0.5) is 0 Å². The Bertz CT molecular complexity index is 1350. The molecule has 0 heterocycles. The largest absolute Gasteiger partial charge is 0.497 e. The average Bonchev–Trinajstić information content (AvgIpc) is 2.85. The van der Waals surface area contributed by atoms with E-state index in [1.54, 1.807) is 55.6 Å². The molecule has 0 bridgehead atoms. The Hall–Kier alpha value is -3.97. The maximum absolute atomic E-state index is 12.7. The van der Waals surface area contributed by atoms with Crippen molar-refractivity contribution in [3.63, 3.8) is 0 Å². The van der Waals surface area contributed by atoms with Crippen LogP contribution < -0.4 is 14.9 Å². The van der Waals surface area contributed by atoms with Gasteiger partial charge in [-0.05, 0) is 59.3 Å². The summed E-state index contributed by atoms with van der Waals surface area (Å²) < 4.78 is 11.4. The van der Waals surface area contributed by atoms with E-state index in [1.165, 1.54) is 6.21 Å². The monoisotopic (exact) mass is 502 g/mol. The minimum absolute atomic E-state index is 0.308. The summed E-state index contributed by atoms with van der Waals surface area (Å²) >= 11 is 3.40. The summed E-state index contributed by atoms with van der Waals surface area (Å²) in [7, 11) is 1.56. The summed E-state index contributed by atoms with van der Waals surface area (Å²) in [5.41, 5.74) is 3.96. The Kier molecular flexibility index (Phi) is 6.80. The quantitative estimate of drug-likeness (QED) is 0.161. The molecular formula is C26H19BrN2O4. The third-order valence-electron chi connectivity index (χ3n) is 4.90. The number of amides is 1. The maximum Gasteiger partial charge on any atom is 0.343 e. The average molecular weight is 503 g/mol. The molecule has 0 aliphatic carbocycles. The molecule has 0 saturated heterocycles. The molecular weight excluding hydrogens is 484 g/mol. The number of hydrogen-bond donors (Lipinski definition) is 1. The van der Waals surface area contributed by atoms with Crippen molar-refractivity contribution >= 4 is 44.8 Å². The molecule has 0 unspecified atom stereocenters. The molecule has 4 aromatic carbocycles. The van der Waals surface area contributed by atoms with Crippen molar-refractivity contribution in [1.82, 2.24) is 5.43 Å². The van der Waals surface area contributed by atoms with Gasteiger partial charge in [0.25, 0.3) is 5.91 Å². The van der Waals surface area contributed by atoms with Gasteiger partial charge in [-0.3, -0.25) is 4.79 Å². The number of hydrazone groups is 1. The van der Waals surface area contributed by atoms with Crippen LogP contribution in [0, 0.1) is 0 Å². The fourth-order valence-electron chi connectivity index (χ4n) is 3.24. The van der Waals surface area contributed by atoms with Crippen molar-refractivity contribution in [1.29, 1.82) is 0 Å². The van der Waals surface area contributed by atoms with Gasteiger partial charge in [0.15, 0.2) is 0 Å². The summed E-state index contributed by atoms with van der Waals surface area (Å²) in [6, 6.07) is 24.9. The fourth-order valence-corrected chi connectivity index (χ4v) is 3.62. The molecule has 0 atom stereocenters. The van der Waals surface area contributed by atoms with Gasteiger partial charge in [-0.25, -0.2) is 10.2 Å². The van der Waals surface area contributed by atoms with Gasteiger partial charge >= 0.3 is 5.97 Å². The lowest BCUT2D eigenvalue weighted by atomic mass is 10.0. The number of halogens is 1. The number of hydrogen-bond acceptors (Lipinski definition) is 5. The van der Waals surface area contributed by atoms with E-state index in [1.807, 2.05) is 36.4 Å². The summed E-state index contributed by atoms with van der Waals surface area (Å²) in [5.74, 6) is 0.0939. The van der Waals surface area contributed by atoms with Gasteiger partial charge in [0.05, 0.1) is 18.9 Å². The topological polar surface area (TPSA) is 77.0 Å². The minimum Gasteiger partial charge on any atom is -0.497 e. The Labute approximate surface area is 199 Å². The SMILES string of the molecule is COc1ccc(C(=O)Oc2ccc(Br)cc2/C=N\NC(=O)c2cccc3ccccc23)cc1. The number of esters is 1. The van der Waals surface area contributed by atoms with Crippen LogP contribution in [-0.4, -0.2) is 25.2 Å². The maximum atomic E-state index is 12.7. The molecule has 7 heteroatoms. The van der Waals surface area contributed by atoms with Crippen LogP contribution in [0.1, 0.15) is 26.3 Å². The fraction of sp³-hybridized carbons (Fsp3) is 0.0385. The molecule has 1 amide bonds. The van der Waals surface area contributed by atoms with E-state index in [4.69, 9.17) is 9.47 Å². The van der Waals surface area contributed by atoms with Crippen LogP contribution >= 0.6 is 15.9 Å². The highest BCUT2D eigenvalue weighted by Crippen LogP contribution is 2.23. The van der Waals surface area contributed by atoms with Gasteiger partial charge in [0.2, 0.25) is 0 Å². The molecule has 0 aliphatic heterocycles. The van der Waals surface area contributed by atoms with E-state index in [9.17, 15) is 9.59 Å². The molecule has 0 radical (unpaired) electrons. The molecule has 4 rings (SSSR count). The zero-order valence-corrected chi connectivity index (χ0v) is 19.2. The van der Waals surface area contributed by atoms with Gasteiger partial charge in [-0.1, -0.05) is 52.3 Å². The molecule has 164 valence electrons. The summed E-state index contributed by atoms with van der Waals surface area (Å²) in [4.78, 5) is 25.2. The molecule has 1 N–H and O–H groups in total. The molecule has 0 spiro atoms. The van der Waals surface area contributed by atoms with Crippen molar-refractivity contribution in [2.24, 2.45) is 5.10 Å². The molecule has 4 aromatic rings. The van der Waals surface area contributed by atoms with E-state index in [-0.39, 0.29) is 5.91 Å². The zero-order valence-electron chi connectivity index (χ0n) is 17.6. The van der Waals surface area contributed by atoms with Gasteiger partial charge in [-0.15, -0.1) is 0 Å². The first-order valence-corrected chi connectivity index (χ1v) is 10.8. The van der Waals surface area contributed by atoms with Gasteiger partial charge in [0, 0.05) is 15.6 Å². The molecule has 33 heavy (non-hydrogen) atoms. The number of benzene rings is 4. The summed E-state index contributed by atoms with van der Waals surface area (Å²) in [6.07, 6.45) is 1.43. The first kappa shape index (κ1) is 22.2. The number of nitrogens with one attached hydrogen (secondary N) is 1. The lowest BCUT2D eigenvalue weighted by Crippen LogP contribution is -2.18. The number of carbonyl (C=O) groups is 2. The molecule has 0 saturated carbocycles. The first-order chi connectivity index (χ1) is 16.0. The van der Waals surface area contributed by atoms with E-state index in [0.29, 0.717) is 28.2 Å². The highest BCUT2D eigenvalue weighted by Gasteiger charge is 2.13. The van der Waals surface area contributed by atoms with E-state index >= 15 is 0 Å². The van der Waals surface area contributed by atoms with E-state index < -0.39 is 5.97 Å². The zero-order chi connectivity index (χ0) is 23.2. The normalized spacial score (nSPS) is 10.8. The highest BCUT2D eigenvalue weighted by molar-refractivity contribution is 9.10. The van der Waals surface area contributed by atoms with Crippen LogP contribution in [0.3, 0.4) is 0 Å². The molecule has 0 aromatic heterocycles. The van der Waals surface area contributed by atoms with Crippen LogP contribution in [-0.2, 0) is 0 Å². The molecule has 6 nitrogen and oxygen atoms in total. The minimum atomic E-state index is -0.519. The number of fused-ring (bicyclic) bond motifs is 1. The van der Waals surface area contributed by atoms with Gasteiger partial charge in [-0.2, -0.15) is 5.10 Å². The summed E-state index contributed by atoms with van der Waals surface area (Å²) in [5, 5.41) is 5.88. The van der Waals surface area contributed by atoms with Crippen molar-refractivity contribution < 1.29 is 19.1 Å². The van der Waals surface area contributed by atoms with Crippen LogP contribution in [0.5, 0.6) is 11.5 Å². The summed E-state index contributed by atoms with van der Waals surface area (Å²) in [6.45, 7) is 0. The number of rotatable bonds is 6. The van der Waals surface area contributed by atoms with E-state index in [0.717, 1.165) is 15.2 Å². The third kappa shape index (κ3) is 5.27. The lowest BCUT2D eigenvalue weighted by molar-refractivity contribution is 0.0734. The van der Waals surface area contributed by atoms with Gasteiger partial charge in [0.1, 0.15) is 11.5 Å². The number of carbonyl (C=O) groups excluding carboxylic acids is 2. The Morgan fingerprint density at radius 3 is 2.48 bits per heavy atom. The second-order valence-corrected chi connectivity index (χ2v) is 7.94. The third-order valence-corrected chi connectivity index (χ3v) is 5.40. The first-order valence-electron chi connectivity index (χ1n) is 10.0. The molecule has 0 aliphatic rings. The standard InChI is InChI=1S/C26H19BrN2O4/c1-32-21-12-9-18(10-13-21)26(31)33-24-14-11-20(27)15-19(24)16-28-29-25(30)23-8-4-6-17-5-2-3-7-22(17)23/h2-16H,1H3,(H,29,30)/b28-16-. The highest BCUT2D eigenvalue weighted by atomic mass is 79.9. The smallest absolute Gasteiger partial charge is 0.343 e. The van der Waals surface area contributed by atoms with Crippen molar-refractivity contribution in [3.05, 3.63) is 106 Å². The second-order valence-electron chi connectivity index (χ2n) is 7.03. The van der Waals surface area contributed by atoms with Crippen molar-refractivity contribution in [2.75, 3.05) is 7.11 Å². The van der Waals surface area contributed by atoms with Gasteiger partial charge < -0.3 is 9.47 Å². The van der Waals surface area contributed by atoms with E-state index in [2.05, 4.69) is 26.5 Å². The number of ether oxygens (including phenoxy) is 2. The van der Waals surface area contributed by atoms with Crippen LogP contribution in [0.25, 0.3) is 10.8 Å². The van der Waals surface area contributed by atoms with Crippen molar-refractivity contribution in [3.8, 4) is 11.5 Å². The number of nitrogens with zero attached hydrogens (tertiary/aromatic N) is 1.